The van der Waals surface area contributed by atoms with Crippen molar-refractivity contribution < 1.29 is 10.1 Å². The van der Waals surface area contributed by atoms with Gasteiger partial charge in [-0.2, -0.15) is 0 Å². The van der Waals surface area contributed by atoms with Crippen LogP contribution in [0, 0.1) is 16.7 Å². The van der Waals surface area contributed by atoms with Crippen molar-refractivity contribution in [3.63, 3.8) is 0 Å². The van der Waals surface area contributed by atoms with E-state index in [0.717, 1.165) is 19.3 Å². The molecule has 1 aliphatic rings. The summed E-state index contributed by atoms with van der Waals surface area (Å²) in [7, 11) is 0. The molecule has 0 aromatic heterocycles. The van der Waals surface area contributed by atoms with Crippen LogP contribution in [-0.4, -0.2) is 10.9 Å². The normalized spacial score (nSPS) is 30.5. The molecular formula is C16H32O2. The highest BCUT2D eigenvalue weighted by Crippen LogP contribution is 2.56. The maximum atomic E-state index is 9.74. The highest BCUT2D eigenvalue weighted by atomic mass is 17.1. The lowest BCUT2D eigenvalue weighted by molar-refractivity contribution is -0.382. The summed E-state index contributed by atoms with van der Waals surface area (Å²) in [6.07, 6.45) is 6.75. The number of hydrogen-bond donors (Lipinski definition) is 1. The molecule has 1 N–H and O–H groups in total. The molecule has 0 saturated heterocycles. The van der Waals surface area contributed by atoms with E-state index in [1.807, 2.05) is 0 Å². The predicted octanol–water partition coefficient (Wildman–Crippen LogP) is 5.28. The van der Waals surface area contributed by atoms with Crippen LogP contribution < -0.4 is 0 Å². The zero-order valence-electron chi connectivity index (χ0n) is 13.2. The third-order valence-electron chi connectivity index (χ3n) is 5.90. The van der Waals surface area contributed by atoms with Gasteiger partial charge in [-0.05, 0) is 36.0 Å². The summed E-state index contributed by atoms with van der Waals surface area (Å²) in [6, 6.07) is 0. The molecule has 0 bridgehead atoms. The predicted molar refractivity (Wildman–Crippen MR) is 76.5 cm³/mol. The first-order valence-electron chi connectivity index (χ1n) is 7.60. The molecule has 0 aromatic rings. The second-order valence-corrected chi connectivity index (χ2v) is 7.36. The molecule has 2 nitrogen and oxygen atoms in total. The van der Waals surface area contributed by atoms with Gasteiger partial charge in [-0.25, -0.2) is 4.89 Å². The van der Waals surface area contributed by atoms with Gasteiger partial charge in [0, 0.05) is 0 Å². The SMILES string of the molecule is CCC(C)(C)C1CCCCC1(OO)C(C)(C)CC. The maximum Gasteiger partial charge on any atom is 0.112 e. The molecule has 0 spiro atoms. The Bertz CT molecular complexity index is 270. The lowest BCUT2D eigenvalue weighted by Gasteiger charge is -2.56. The minimum absolute atomic E-state index is 0.0132. The molecule has 108 valence electrons. The highest BCUT2D eigenvalue weighted by Gasteiger charge is 2.56. The zero-order chi connectivity index (χ0) is 14.0. The molecule has 1 rings (SSSR count). The average Bonchev–Trinajstić information content (AvgIpc) is 2.38. The Morgan fingerprint density at radius 2 is 1.72 bits per heavy atom. The van der Waals surface area contributed by atoms with Gasteiger partial charge in [0.25, 0.3) is 0 Å². The van der Waals surface area contributed by atoms with E-state index >= 15 is 0 Å². The van der Waals surface area contributed by atoms with E-state index in [1.54, 1.807) is 0 Å². The van der Waals surface area contributed by atoms with Crippen LogP contribution in [0.15, 0.2) is 0 Å². The smallest absolute Gasteiger partial charge is 0.112 e. The van der Waals surface area contributed by atoms with Gasteiger partial charge < -0.3 is 0 Å². The molecule has 0 radical (unpaired) electrons. The maximum absolute atomic E-state index is 9.74. The number of rotatable bonds is 5. The van der Waals surface area contributed by atoms with Gasteiger partial charge in [-0.15, -0.1) is 0 Å². The Labute approximate surface area is 113 Å². The third kappa shape index (κ3) is 2.46. The topological polar surface area (TPSA) is 29.5 Å². The van der Waals surface area contributed by atoms with Crippen molar-refractivity contribution in [1.29, 1.82) is 0 Å². The first kappa shape index (κ1) is 16.0. The van der Waals surface area contributed by atoms with Crippen molar-refractivity contribution in [3.05, 3.63) is 0 Å². The fraction of sp³-hybridized carbons (Fsp3) is 1.00. The Balaban J connectivity index is 3.19. The van der Waals surface area contributed by atoms with E-state index in [4.69, 9.17) is 4.89 Å². The Hall–Kier alpha value is -0.0800. The first-order valence-corrected chi connectivity index (χ1v) is 7.60. The van der Waals surface area contributed by atoms with Gasteiger partial charge in [0.1, 0.15) is 5.60 Å². The van der Waals surface area contributed by atoms with E-state index in [9.17, 15) is 5.26 Å². The van der Waals surface area contributed by atoms with Gasteiger partial charge in [-0.1, -0.05) is 60.8 Å². The quantitative estimate of drug-likeness (QED) is 0.536. The van der Waals surface area contributed by atoms with Crippen molar-refractivity contribution in [2.45, 2.75) is 85.7 Å². The summed E-state index contributed by atoms with van der Waals surface area (Å²) >= 11 is 0. The van der Waals surface area contributed by atoms with Crippen LogP contribution in [-0.2, 0) is 4.89 Å². The molecule has 1 aliphatic carbocycles. The Morgan fingerprint density at radius 1 is 1.11 bits per heavy atom. The molecule has 2 unspecified atom stereocenters. The summed E-state index contributed by atoms with van der Waals surface area (Å²) < 4.78 is 0. The third-order valence-corrected chi connectivity index (χ3v) is 5.90. The summed E-state index contributed by atoms with van der Waals surface area (Å²) in [5, 5.41) is 9.74. The van der Waals surface area contributed by atoms with Crippen LogP contribution in [0.25, 0.3) is 0 Å². The molecule has 2 heteroatoms. The summed E-state index contributed by atoms with van der Waals surface area (Å²) in [5.41, 5.74) is -0.144. The van der Waals surface area contributed by atoms with Gasteiger partial charge in [0.15, 0.2) is 0 Å². The molecule has 1 saturated carbocycles. The lowest BCUT2D eigenvalue weighted by atomic mass is 9.53. The van der Waals surface area contributed by atoms with Crippen molar-refractivity contribution in [1.82, 2.24) is 0 Å². The second-order valence-electron chi connectivity index (χ2n) is 7.36. The molecule has 1 fully saturated rings. The summed E-state index contributed by atoms with van der Waals surface area (Å²) in [6.45, 7) is 13.6. The fourth-order valence-electron chi connectivity index (χ4n) is 3.75. The zero-order valence-corrected chi connectivity index (χ0v) is 13.2. The fourth-order valence-corrected chi connectivity index (χ4v) is 3.75. The van der Waals surface area contributed by atoms with Gasteiger partial charge in [-0.3, -0.25) is 5.26 Å². The molecular weight excluding hydrogens is 224 g/mol. The van der Waals surface area contributed by atoms with E-state index in [-0.39, 0.29) is 16.4 Å². The lowest BCUT2D eigenvalue weighted by Crippen LogP contribution is -2.57. The van der Waals surface area contributed by atoms with Crippen LogP contribution in [0.5, 0.6) is 0 Å². The minimum atomic E-state index is -0.375. The van der Waals surface area contributed by atoms with Crippen LogP contribution >= 0.6 is 0 Å². The second kappa shape index (κ2) is 5.50. The molecule has 0 aromatic carbocycles. The van der Waals surface area contributed by atoms with Gasteiger partial charge >= 0.3 is 0 Å². The molecule has 0 heterocycles. The Kier molecular flexibility index (Phi) is 4.88. The molecule has 0 aliphatic heterocycles. The summed E-state index contributed by atoms with van der Waals surface area (Å²) in [4.78, 5) is 5.24. The van der Waals surface area contributed by atoms with Crippen LogP contribution in [0.4, 0.5) is 0 Å². The van der Waals surface area contributed by atoms with E-state index < -0.39 is 0 Å². The molecule has 2 atom stereocenters. The molecule has 18 heavy (non-hydrogen) atoms. The van der Waals surface area contributed by atoms with Gasteiger partial charge in [0.05, 0.1) is 0 Å². The van der Waals surface area contributed by atoms with Crippen LogP contribution in [0.3, 0.4) is 0 Å². The first-order chi connectivity index (χ1) is 8.27. The van der Waals surface area contributed by atoms with E-state index in [2.05, 4.69) is 41.5 Å². The standard InChI is InChI=1S/C16H32O2/c1-7-14(3,4)13-11-9-10-12-16(13,18-17)15(5,6)8-2/h13,17H,7-12H2,1-6H3. The van der Waals surface area contributed by atoms with Crippen LogP contribution in [0.2, 0.25) is 0 Å². The van der Waals surface area contributed by atoms with Gasteiger partial charge in [0.2, 0.25) is 0 Å². The van der Waals surface area contributed by atoms with Crippen molar-refractivity contribution >= 4 is 0 Å². The monoisotopic (exact) mass is 256 g/mol. The van der Waals surface area contributed by atoms with Crippen molar-refractivity contribution in [3.8, 4) is 0 Å². The highest BCUT2D eigenvalue weighted by molar-refractivity contribution is 5.04. The summed E-state index contributed by atoms with van der Waals surface area (Å²) in [5.74, 6) is 0.434. The van der Waals surface area contributed by atoms with E-state index in [1.165, 1.54) is 19.3 Å². The molecule has 0 amide bonds. The minimum Gasteiger partial charge on any atom is -0.251 e. The van der Waals surface area contributed by atoms with E-state index in [0.29, 0.717) is 5.92 Å². The number of hydrogen-bond acceptors (Lipinski definition) is 2. The van der Waals surface area contributed by atoms with Crippen LogP contribution in [0.1, 0.15) is 80.1 Å². The average molecular weight is 256 g/mol. The Morgan fingerprint density at radius 3 is 2.17 bits per heavy atom. The van der Waals surface area contributed by atoms with Crippen molar-refractivity contribution in [2.75, 3.05) is 0 Å². The largest absolute Gasteiger partial charge is 0.251 e. The van der Waals surface area contributed by atoms with Crippen molar-refractivity contribution in [2.24, 2.45) is 16.7 Å².